The number of hydrogen-bond acceptors (Lipinski definition) is 4. The summed E-state index contributed by atoms with van der Waals surface area (Å²) in [4.78, 5) is 22.4. The van der Waals surface area contributed by atoms with E-state index in [2.05, 4.69) is 5.32 Å². The number of carboxylic acids is 2. The lowest BCUT2D eigenvalue weighted by Crippen LogP contribution is -2.43. The van der Waals surface area contributed by atoms with Gasteiger partial charge in [0.2, 0.25) is 0 Å². The van der Waals surface area contributed by atoms with Crippen LogP contribution in [0.2, 0.25) is 0 Å². The van der Waals surface area contributed by atoms with Crippen molar-refractivity contribution in [3.8, 4) is 0 Å². The molecule has 102 valence electrons. The third-order valence-corrected chi connectivity index (χ3v) is 4.62. The highest BCUT2D eigenvalue weighted by atomic mass is 32.2. The lowest BCUT2D eigenvalue weighted by molar-refractivity contribution is -0.139. The van der Waals surface area contributed by atoms with Crippen molar-refractivity contribution in [1.29, 1.82) is 0 Å². The molecule has 1 aromatic carbocycles. The number of benzene rings is 1. The van der Waals surface area contributed by atoms with Gasteiger partial charge in [-0.3, -0.25) is 10.1 Å². The number of carboxylic acid groups (broad SMARTS) is 2. The van der Waals surface area contributed by atoms with Crippen LogP contribution in [0.3, 0.4) is 0 Å². The van der Waals surface area contributed by atoms with Crippen molar-refractivity contribution in [2.24, 2.45) is 0 Å². The van der Waals surface area contributed by atoms with Gasteiger partial charge >= 0.3 is 11.9 Å². The summed E-state index contributed by atoms with van der Waals surface area (Å²) in [6.45, 7) is 3.68. The second-order valence-electron chi connectivity index (χ2n) is 4.93. The van der Waals surface area contributed by atoms with E-state index >= 15 is 0 Å². The third-order valence-electron chi connectivity index (χ3n) is 3.16. The summed E-state index contributed by atoms with van der Waals surface area (Å²) in [5, 5.41) is 21.0. The van der Waals surface area contributed by atoms with Crippen molar-refractivity contribution in [2.45, 2.75) is 30.0 Å². The van der Waals surface area contributed by atoms with E-state index in [0.29, 0.717) is 5.56 Å². The van der Waals surface area contributed by atoms with Gasteiger partial charge in [0.1, 0.15) is 6.04 Å². The van der Waals surface area contributed by atoms with Gasteiger partial charge in [-0.15, -0.1) is 11.8 Å². The van der Waals surface area contributed by atoms with Crippen LogP contribution >= 0.6 is 11.8 Å². The summed E-state index contributed by atoms with van der Waals surface area (Å²) in [6.07, 6.45) is 0. The molecule has 1 aromatic rings. The molecule has 0 saturated carbocycles. The summed E-state index contributed by atoms with van der Waals surface area (Å²) >= 11 is 1.43. The normalized spacial score (nSPS) is 25.2. The van der Waals surface area contributed by atoms with Crippen molar-refractivity contribution in [1.82, 2.24) is 5.32 Å². The molecule has 0 unspecified atom stereocenters. The Balaban J connectivity index is 2.35. The van der Waals surface area contributed by atoms with E-state index in [1.807, 2.05) is 13.8 Å². The first-order valence-corrected chi connectivity index (χ1v) is 6.70. The van der Waals surface area contributed by atoms with Crippen molar-refractivity contribution in [3.63, 3.8) is 0 Å². The van der Waals surface area contributed by atoms with Gasteiger partial charge < -0.3 is 10.2 Å². The number of aromatic carboxylic acids is 1. The monoisotopic (exact) mass is 281 g/mol. The first-order chi connectivity index (χ1) is 8.83. The SMILES string of the molecule is CC1(C)S[C@@H](c2ccccc2C(=O)O)N[C@H]1C(=O)O. The fraction of sp³-hybridized carbons (Fsp3) is 0.385. The largest absolute Gasteiger partial charge is 0.480 e. The van der Waals surface area contributed by atoms with E-state index in [1.165, 1.54) is 17.8 Å². The molecule has 1 aliphatic heterocycles. The molecule has 19 heavy (non-hydrogen) atoms. The lowest BCUT2D eigenvalue weighted by Gasteiger charge is -2.20. The smallest absolute Gasteiger partial charge is 0.336 e. The van der Waals surface area contributed by atoms with Gasteiger partial charge in [0.05, 0.1) is 10.9 Å². The van der Waals surface area contributed by atoms with Gasteiger partial charge in [-0.2, -0.15) is 0 Å². The fourth-order valence-electron chi connectivity index (χ4n) is 2.20. The number of rotatable bonds is 3. The summed E-state index contributed by atoms with van der Waals surface area (Å²) in [5.74, 6) is -1.93. The van der Waals surface area contributed by atoms with Crippen LogP contribution in [0, 0.1) is 0 Å². The first kappa shape index (κ1) is 13.9. The minimum absolute atomic E-state index is 0.203. The molecule has 1 heterocycles. The molecule has 0 aliphatic carbocycles. The average Bonchev–Trinajstić information content (AvgIpc) is 2.65. The van der Waals surface area contributed by atoms with Crippen molar-refractivity contribution in [2.75, 3.05) is 0 Å². The third kappa shape index (κ3) is 2.59. The zero-order valence-corrected chi connectivity index (χ0v) is 11.4. The maximum Gasteiger partial charge on any atom is 0.336 e. The topological polar surface area (TPSA) is 86.6 Å². The van der Waals surface area contributed by atoms with Crippen LogP contribution in [0.15, 0.2) is 24.3 Å². The van der Waals surface area contributed by atoms with Crippen molar-refractivity contribution in [3.05, 3.63) is 35.4 Å². The molecule has 0 aromatic heterocycles. The number of hydrogen-bond donors (Lipinski definition) is 3. The van der Waals surface area contributed by atoms with Crippen LogP contribution in [0.25, 0.3) is 0 Å². The second-order valence-corrected chi connectivity index (χ2v) is 6.69. The molecule has 6 heteroatoms. The van der Waals surface area contributed by atoms with Gasteiger partial charge in [0, 0.05) is 4.75 Å². The molecule has 0 bridgehead atoms. The van der Waals surface area contributed by atoms with Gasteiger partial charge in [-0.1, -0.05) is 18.2 Å². The van der Waals surface area contributed by atoms with Crippen LogP contribution in [-0.4, -0.2) is 32.9 Å². The first-order valence-electron chi connectivity index (χ1n) is 5.82. The molecule has 0 radical (unpaired) electrons. The van der Waals surface area contributed by atoms with E-state index in [0.717, 1.165) is 0 Å². The van der Waals surface area contributed by atoms with Crippen LogP contribution in [0.1, 0.15) is 35.1 Å². The van der Waals surface area contributed by atoms with E-state index in [4.69, 9.17) is 0 Å². The van der Waals surface area contributed by atoms with Gasteiger partial charge in [0.25, 0.3) is 0 Å². The highest BCUT2D eigenvalue weighted by Gasteiger charge is 2.46. The minimum Gasteiger partial charge on any atom is -0.480 e. The Bertz CT molecular complexity index is 529. The van der Waals surface area contributed by atoms with Crippen LogP contribution in [0.5, 0.6) is 0 Å². The molecule has 1 fully saturated rings. The van der Waals surface area contributed by atoms with Crippen LogP contribution < -0.4 is 5.32 Å². The van der Waals surface area contributed by atoms with Gasteiger partial charge in [-0.25, -0.2) is 4.79 Å². The Hall–Kier alpha value is -1.53. The molecular formula is C13H15NO4S. The zero-order valence-electron chi connectivity index (χ0n) is 10.6. The predicted octanol–water partition coefficient (Wildman–Crippen LogP) is 1.95. The summed E-state index contributed by atoms with van der Waals surface area (Å²) < 4.78 is -0.498. The zero-order chi connectivity index (χ0) is 14.2. The van der Waals surface area contributed by atoms with E-state index in [1.54, 1.807) is 18.2 Å². The standard InChI is InChI=1S/C13H15NO4S/c1-13(2)9(12(17)18)14-10(19-13)7-5-3-4-6-8(7)11(15)16/h3-6,9-10,14H,1-2H3,(H,15,16)(H,17,18)/t9-,10-/m0/s1. The molecule has 5 nitrogen and oxygen atoms in total. The van der Waals surface area contributed by atoms with Crippen molar-refractivity contribution >= 4 is 23.7 Å². The molecule has 1 aliphatic rings. The molecule has 0 spiro atoms. The summed E-state index contributed by atoms with van der Waals surface area (Å²) in [6, 6.07) is 5.96. The van der Waals surface area contributed by atoms with Crippen LogP contribution in [-0.2, 0) is 4.79 Å². The Labute approximate surface area is 115 Å². The van der Waals surface area contributed by atoms with Crippen molar-refractivity contribution < 1.29 is 19.8 Å². The summed E-state index contributed by atoms with van der Waals surface area (Å²) in [5.41, 5.74) is 0.811. The Morgan fingerprint density at radius 3 is 2.42 bits per heavy atom. The minimum atomic E-state index is -1.01. The fourth-order valence-corrected chi connectivity index (χ4v) is 3.65. The van der Waals surface area contributed by atoms with E-state index in [9.17, 15) is 19.8 Å². The number of nitrogens with one attached hydrogen (secondary N) is 1. The second kappa shape index (κ2) is 4.86. The summed E-state index contributed by atoms with van der Waals surface area (Å²) in [7, 11) is 0. The Morgan fingerprint density at radius 1 is 1.26 bits per heavy atom. The van der Waals surface area contributed by atoms with Gasteiger partial charge in [0.15, 0.2) is 0 Å². The number of aliphatic carboxylic acids is 1. The Kier molecular flexibility index (Phi) is 3.56. The Morgan fingerprint density at radius 2 is 1.89 bits per heavy atom. The highest BCUT2D eigenvalue weighted by Crippen LogP contribution is 2.46. The maximum atomic E-state index is 11.2. The molecule has 3 N–H and O–H groups in total. The molecular weight excluding hydrogens is 266 g/mol. The number of carbonyl (C=O) groups is 2. The molecule has 2 rings (SSSR count). The van der Waals surface area contributed by atoms with E-state index < -0.39 is 22.7 Å². The van der Waals surface area contributed by atoms with Crippen LogP contribution in [0.4, 0.5) is 0 Å². The quantitative estimate of drug-likeness (QED) is 0.785. The lowest BCUT2D eigenvalue weighted by atomic mass is 10.0. The maximum absolute atomic E-state index is 11.2. The predicted molar refractivity (Wildman–Crippen MR) is 72.4 cm³/mol. The average molecular weight is 281 g/mol. The highest BCUT2D eigenvalue weighted by molar-refractivity contribution is 8.01. The molecule has 2 atom stereocenters. The molecule has 1 saturated heterocycles. The van der Waals surface area contributed by atoms with Gasteiger partial charge in [-0.05, 0) is 25.5 Å². The van der Waals surface area contributed by atoms with E-state index in [-0.39, 0.29) is 10.9 Å². The molecule has 0 amide bonds. The number of thioether (sulfide) groups is 1.